The molecule has 0 saturated heterocycles. The highest BCUT2D eigenvalue weighted by molar-refractivity contribution is 9.12. The van der Waals surface area contributed by atoms with Crippen molar-refractivity contribution in [2.75, 3.05) is 0 Å². The van der Waals surface area contributed by atoms with Crippen molar-refractivity contribution in [1.82, 2.24) is 0 Å². The van der Waals surface area contributed by atoms with E-state index in [1.807, 2.05) is 0 Å². The third-order valence-electron chi connectivity index (χ3n) is 1.14. The Morgan fingerprint density at radius 3 is 1.50 bits per heavy atom. The van der Waals surface area contributed by atoms with Gasteiger partial charge in [-0.2, -0.15) is 0 Å². The topological polar surface area (TPSA) is 118 Å². The quantitative estimate of drug-likeness (QED) is 0.600. The van der Waals surface area contributed by atoms with Crippen LogP contribution >= 0.6 is 43.2 Å². The van der Waals surface area contributed by atoms with E-state index < -0.39 is 21.2 Å². The summed E-state index contributed by atoms with van der Waals surface area (Å²) in [5.41, 5.74) is -1.02. The number of nitro groups is 2. The molecule has 0 amide bonds. The molecule has 1 heterocycles. The number of halogens is 2. The molecule has 0 aliphatic carbocycles. The van der Waals surface area contributed by atoms with Crippen LogP contribution in [0.2, 0.25) is 0 Å². The van der Waals surface area contributed by atoms with Crippen LogP contribution in [0.15, 0.2) is 7.57 Å². The molecule has 0 unspecified atom stereocenters. The highest BCUT2D eigenvalue weighted by Crippen LogP contribution is 2.47. The second-order valence-corrected chi connectivity index (χ2v) is 5.52. The minimum atomic E-state index is -0.788. The van der Waals surface area contributed by atoms with Gasteiger partial charge in [0.1, 0.15) is 0 Å². The Kier molecular flexibility index (Phi) is 4.58. The molecule has 0 aliphatic rings. The van der Waals surface area contributed by atoms with Gasteiger partial charge in [0, 0.05) is 0 Å². The first kappa shape index (κ1) is 13.4. The summed E-state index contributed by atoms with van der Waals surface area (Å²) in [6.07, 6.45) is 0. The summed E-state index contributed by atoms with van der Waals surface area (Å²) < 4.78 is 0.271. The summed E-state index contributed by atoms with van der Waals surface area (Å²) >= 11 is 6.66. The molecule has 1 aromatic rings. The van der Waals surface area contributed by atoms with Crippen LogP contribution in [-0.2, 0) is 0 Å². The van der Waals surface area contributed by atoms with Crippen molar-refractivity contribution < 1.29 is 15.3 Å². The molecule has 0 radical (unpaired) electrons. The second kappa shape index (κ2) is 4.77. The molecule has 0 bridgehead atoms. The van der Waals surface area contributed by atoms with Gasteiger partial charge in [-0.3, -0.25) is 20.2 Å². The molecule has 14 heavy (non-hydrogen) atoms. The van der Waals surface area contributed by atoms with Crippen LogP contribution in [0, 0.1) is 20.2 Å². The van der Waals surface area contributed by atoms with Gasteiger partial charge in [-0.05, 0) is 31.9 Å². The third kappa shape index (κ3) is 2.26. The summed E-state index contributed by atoms with van der Waals surface area (Å²) in [6, 6.07) is 0. The molecule has 1 rings (SSSR count). The van der Waals surface area contributed by atoms with Crippen molar-refractivity contribution in [3.63, 3.8) is 0 Å². The fourth-order valence-corrected chi connectivity index (χ4v) is 3.66. The number of nitrogens with zero attached hydrogens (tertiary/aromatic N) is 2. The number of hydrogen-bond acceptors (Lipinski definition) is 5. The minimum absolute atomic E-state index is 0. The highest BCUT2D eigenvalue weighted by Gasteiger charge is 2.34. The van der Waals surface area contributed by atoms with Gasteiger partial charge in [-0.25, -0.2) is 0 Å². The molecule has 0 spiro atoms. The average molecular weight is 350 g/mol. The van der Waals surface area contributed by atoms with E-state index in [1.54, 1.807) is 0 Å². The van der Waals surface area contributed by atoms with Gasteiger partial charge in [0.25, 0.3) is 0 Å². The fraction of sp³-hybridized carbons (Fsp3) is 0. The maximum absolute atomic E-state index is 10.4. The molecule has 0 atom stereocenters. The van der Waals surface area contributed by atoms with E-state index in [1.165, 1.54) is 0 Å². The van der Waals surface area contributed by atoms with Gasteiger partial charge in [0.2, 0.25) is 0 Å². The number of rotatable bonds is 2. The second-order valence-electron chi connectivity index (χ2n) is 1.86. The molecular weight excluding hydrogens is 348 g/mol. The van der Waals surface area contributed by atoms with Crippen molar-refractivity contribution in [2.45, 2.75) is 0 Å². The van der Waals surface area contributed by atoms with E-state index in [0.29, 0.717) is 0 Å². The molecule has 0 aromatic carbocycles. The zero-order chi connectivity index (χ0) is 10.2. The lowest BCUT2D eigenvalue weighted by Gasteiger charge is -1.87. The van der Waals surface area contributed by atoms with Crippen molar-refractivity contribution in [3.8, 4) is 0 Å². The van der Waals surface area contributed by atoms with Crippen LogP contribution in [-0.4, -0.2) is 15.3 Å². The zero-order valence-corrected chi connectivity index (χ0v) is 10.2. The maximum Gasteiger partial charge on any atom is 0.372 e. The summed E-state index contributed by atoms with van der Waals surface area (Å²) in [7, 11) is 0. The summed E-state index contributed by atoms with van der Waals surface area (Å²) in [5, 5.41) is 20.8. The molecular formula is C4H2Br2N2O5S. The molecule has 0 aliphatic heterocycles. The van der Waals surface area contributed by atoms with E-state index in [0.717, 1.165) is 11.3 Å². The van der Waals surface area contributed by atoms with Crippen LogP contribution in [0.25, 0.3) is 0 Å². The van der Waals surface area contributed by atoms with E-state index >= 15 is 0 Å². The standard InChI is InChI=1S/C4Br2N2O4S.H2O/c5-3-1(7(9)10)2(8(11)12)4(6)13-3;/h;1H2. The molecule has 78 valence electrons. The predicted molar refractivity (Wildman–Crippen MR) is 56.6 cm³/mol. The van der Waals surface area contributed by atoms with Crippen molar-refractivity contribution in [1.29, 1.82) is 0 Å². The first-order chi connectivity index (χ1) is 5.95. The largest absolute Gasteiger partial charge is 0.412 e. The van der Waals surface area contributed by atoms with Gasteiger partial charge in [-0.15, -0.1) is 11.3 Å². The first-order valence-corrected chi connectivity index (χ1v) is 5.12. The van der Waals surface area contributed by atoms with Gasteiger partial charge >= 0.3 is 11.4 Å². The van der Waals surface area contributed by atoms with E-state index in [4.69, 9.17) is 0 Å². The van der Waals surface area contributed by atoms with Crippen LogP contribution in [0.5, 0.6) is 0 Å². The Bertz CT molecular complexity index is 357. The maximum atomic E-state index is 10.4. The third-order valence-corrected chi connectivity index (χ3v) is 3.61. The summed E-state index contributed by atoms with van der Waals surface area (Å²) in [6.45, 7) is 0. The van der Waals surface area contributed by atoms with Gasteiger partial charge in [0.15, 0.2) is 7.57 Å². The molecule has 1 aromatic heterocycles. The SMILES string of the molecule is O.O=[N+]([O-])c1c(Br)sc(Br)c1[N+](=O)[O-]. The van der Waals surface area contributed by atoms with Gasteiger partial charge in [0.05, 0.1) is 9.85 Å². The Hall–Kier alpha value is -0.580. The monoisotopic (exact) mass is 348 g/mol. The van der Waals surface area contributed by atoms with Gasteiger partial charge < -0.3 is 5.48 Å². The van der Waals surface area contributed by atoms with Crippen molar-refractivity contribution in [3.05, 3.63) is 27.8 Å². The Labute approximate surface area is 97.6 Å². The Balaban J connectivity index is 0.00000169. The number of thiophene rings is 1. The van der Waals surface area contributed by atoms with E-state index in [-0.39, 0.29) is 13.0 Å². The summed E-state index contributed by atoms with van der Waals surface area (Å²) in [4.78, 5) is 19.3. The minimum Gasteiger partial charge on any atom is -0.412 e. The predicted octanol–water partition coefficient (Wildman–Crippen LogP) is 2.26. The fourth-order valence-electron chi connectivity index (χ4n) is 0.678. The summed E-state index contributed by atoms with van der Waals surface area (Å²) in [5.74, 6) is 0. The van der Waals surface area contributed by atoms with Crippen LogP contribution in [0.4, 0.5) is 11.4 Å². The van der Waals surface area contributed by atoms with E-state index in [2.05, 4.69) is 31.9 Å². The smallest absolute Gasteiger partial charge is 0.372 e. The van der Waals surface area contributed by atoms with Crippen molar-refractivity contribution >= 4 is 54.6 Å². The number of hydrogen-bond donors (Lipinski definition) is 0. The lowest BCUT2D eigenvalue weighted by molar-refractivity contribution is -0.422. The molecule has 7 nitrogen and oxygen atoms in total. The highest BCUT2D eigenvalue weighted by atomic mass is 79.9. The first-order valence-electron chi connectivity index (χ1n) is 2.71. The Morgan fingerprint density at radius 1 is 1.00 bits per heavy atom. The van der Waals surface area contributed by atoms with Gasteiger partial charge in [-0.1, -0.05) is 0 Å². The van der Waals surface area contributed by atoms with Crippen LogP contribution in [0.1, 0.15) is 0 Å². The van der Waals surface area contributed by atoms with Crippen LogP contribution < -0.4 is 0 Å². The molecule has 0 saturated carbocycles. The normalized spacial score (nSPS) is 9.29. The average Bonchev–Trinajstić information content (AvgIpc) is 2.24. The molecule has 0 fully saturated rings. The molecule has 10 heteroatoms. The lowest BCUT2D eigenvalue weighted by atomic mass is 10.5. The lowest BCUT2D eigenvalue weighted by Crippen LogP contribution is -1.93. The van der Waals surface area contributed by atoms with E-state index in [9.17, 15) is 20.2 Å². The zero-order valence-electron chi connectivity index (χ0n) is 6.19. The van der Waals surface area contributed by atoms with Crippen molar-refractivity contribution in [2.24, 2.45) is 0 Å². The van der Waals surface area contributed by atoms with Crippen LogP contribution in [0.3, 0.4) is 0 Å². The molecule has 2 N–H and O–H groups in total. The Morgan fingerprint density at radius 2 is 1.29 bits per heavy atom.